The minimum absolute atomic E-state index is 0.624. The van der Waals surface area contributed by atoms with E-state index in [1.54, 1.807) is 0 Å². The first-order valence-corrected chi connectivity index (χ1v) is 23.9. The highest BCUT2D eigenvalue weighted by Crippen LogP contribution is 2.41. The van der Waals surface area contributed by atoms with Crippen LogP contribution in [0, 0.1) is 0 Å². The molecule has 0 saturated carbocycles. The second kappa shape index (κ2) is 17.7. The van der Waals surface area contributed by atoms with Crippen LogP contribution in [0.5, 0.6) is 0 Å². The summed E-state index contributed by atoms with van der Waals surface area (Å²) in [5.41, 5.74) is 14.3. The maximum atomic E-state index is 5.17. The van der Waals surface area contributed by atoms with Crippen LogP contribution in [0.15, 0.2) is 231 Å². The molecule has 0 atom stereocenters. The summed E-state index contributed by atoms with van der Waals surface area (Å²) in [6, 6.07) is 69.5. The van der Waals surface area contributed by atoms with E-state index in [9.17, 15) is 0 Å². The molecule has 0 spiro atoms. The highest BCUT2D eigenvalue weighted by molar-refractivity contribution is 6.19. The summed E-state index contributed by atoms with van der Waals surface area (Å²) in [4.78, 5) is 15.4. The maximum absolute atomic E-state index is 5.17. The largest absolute Gasteiger partial charge is 0.316 e. The molecule has 0 fully saturated rings. The monoisotopic (exact) mass is 888 g/mol. The SMILES string of the molecule is C1=CCC/C=C\C(c2nc(-c3ccccc3)nc(-c3cccc(-n4c5ccc(-c6ccc7c(c6)c6ccccc6n7-c6ccccc6)cc5c5ccc6c(ccn6-c6ccccc6)c54)c3)n2)=C/1.CC. The fourth-order valence-corrected chi connectivity index (χ4v) is 10.0. The van der Waals surface area contributed by atoms with Gasteiger partial charge in [0.15, 0.2) is 17.5 Å². The number of fused-ring (bicyclic) bond motifs is 8. The summed E-state index contributed by atoms with van der Waals surface area (Å²) < 4.78 is 7.08. The number of hydrogen-bond acceptors (Lipinski definition) is 3. The van der Waals surface area contributed by atoms with E-state index in [4.69, 9.17) is 15.0 Å². The van der Waals surface area contributed by atoms with Gasteiger partial charge in [-0.3, -0.25) is 0 Å². The lowest BCUT2D eigenvalue weighted by atomic mass is 10.0. The van der Waals surface area contributed by atoms with E-state index in [1.165, 1.54) is 49.1 Å². The Bertz CT molecular complexity index is 3960. The summed E-state index contributed by atoms with van der Waals surface area (Å²) in [5, 5.41) is 6.01. The maximum Gasteiger partial charge on any atom is 0.164 e. The molecule has 69 heavy (non-hydrogen) atoms. The third kappa shape index (κ3) is 7.34. The summed E-state index contributed by atoms with van der Waals surface area (Å²) in [6.07, 6.45) is 14.9. The quantitative estimate of drug-likeness (QED) is 0.160. The van der Waals surface area contributed by atoms with Crippen molar-refractivity contribution in [1.29, 1.82) is 0 Å². The molecule has 0 saturated heterocycles. The van der Waals surface area contributed by atoms with Gasteiger partial charge in [-0.15, -0.1) is 0 Å². The number of aromatic nitrogens is 6. The van der Waals surface area contributed by atoms with E-state index in [0.29, 0.717) is 17.5 Å². The van der Waals surface area contributed by atoms with Gasteiger partial charge in [-0.1, -0.05) is 159 Å². The van der Waals surface area contributed by atoms with Crippen molar-refractivity contribution in [3.8, 4) is 51.0 Å². The molecular formula is C63H48N6. The topological polar surface area (TPSA) is 53.5 Å². The zero-order chi connectivity index (χ0) is 46.3. The Kier molecular flexibility index (Phi) is 10.7. The molecule has 1 aliphatic rings. The van der Waals surface area contributed by atoms with Crippen LogP contribution in [0.1, 0.15) is 32.5 Å². The van der Waals surface area contributed by atoms with Crippen molar-refractivity contribution in [3.63, 3.8) is 0 Å². The molecule has 8 aromatic carbocycles. The summed E-state index contributed by atoms with van der Waals surface area (Å²) in [6.45, 7) is 4.00. The van der Waals surface area contributed by atoms with Crippen LogP contribution in [0.25, 0.3) is 111 Å². The third-order valence-electron chi connectivity index (χ3n) is 13.1. The van der Waals surface area contributed by atoms with Gasteiger partial charge in [-0.05, 0) is 103 Å². The number of benzene rings is 8. The molecule has 0 N–H and O–H groups in total. The Hall–Kier alpha value is -8.87. The lowest BCUT2D eigenvalue weighted by molar-refractivity contribution is 1.03. The standard InChI is InChI=1S/C61H42N6.C2H6/c1-2-7-18-41(19-8-3-1)59-62-60(42-20-9-4-10-21-42)64-61(63-59)45-22-17-27-48(38-45)67-57-34-31-44(40-53(57)50-32-35-54-51(58(50)67)36-37-65(54)46-23-11-5-12-24-46)43-30-33-56-52(39-43)49-28-15-16-29-55(49)66(56)47-25-13-6-14-26-47;1-2/h2,4-40H,1,3H2;1-2H3/b7-2?,19-8-,41-18+;. The average molecular weight is 889 g/mol. The van der Waals surface area contributed by atoms with Crippen molar-refractivity contribution < 1.29 is 0 Å². The number of allylic oxidation sites excluding steroid dienone is 6. The van der Waals surface area contributed by atoms with Gasteiger partial charge < -0.3 is 13.7 Å². The zero-order valence-electron chi connectivity index (χ0n) is 38.5. The summed E-state index contributed by atoms with van der Waals surface area (Å²) in [7, 11) is 0. The molecule has 0 aliphatic heterocycles. The zero-order valence-corrected chi connectivity index (χ0v) is 38.5. The van der Waals surface area contributed by atoms with Gasteiger partial charge in [-0.2, -0.15) is 0 Å². The summed E-state index contributed by atoms with van der Waals surface area (Å²) in [5.74, 6) is 1.91. The minimum Gasteiger partial charge on any atom is -0.316 e. The van der Waals surface area contributed by atoms with E-state index >= 15 is 0 Å². The van der Waals surface area contributed by atoms with Crippen molar-refractivity contribution in [2.45, 2.75) is 26.7 Å². The van der Waals surface area contributed by atoms with Gasteiger partial charge in [-0.25, -0.2) is 15.0 Å². The smallest absolute Gasteiger partial charge is 0.164 e. The highest BCUT2D eigenvalue weighted by atomic mass is 15.0. The molecule has 6 nitrogen and oxygen atoms in total. The third-order valence-corrected chi connectivity index (χ3v) is 13.1. The predicted molar refractivity (Wildman–Crippen MR) is 288 cm³/mol. The Morgan fingerprint density at radius 3 is 1.72 bits per heavy atom. The van der Waals surface area contributed by atoms with Crippen molar-refractivity contribution in [2.24, 2.45) is 0 Å². The molecular weight excluding hydrogens is 841 g/mol. The lowest BCUT2D eigenvalue weighted by Gasteiger charge is -2.13. The van der Waals surface area contributed by atoms with E-state index in [0.717, 1.165) is 63.2 Å². The second-order valence-corrected chi connectivity index (χ2v) is 17.2. The van der Waals surface area contributed by atoms with Crippen molar-refractivity contribution in [1.82, 2.24) is 28.7 Å². The van der Waals surface area contributed by atoms with Crippen LogP contribution in [0.3, 0.4) is 0 Å². The molecule has 12 aromatic rings. The molecule has 330 valence electrons. The Balaban J connectivity index is 0.00000243. The van der Waals surface area contributed by atoms with Crippen LogP contribution in [0.2, 0.25) is 0 Å². The van der Waals surface area contributed by atoms with Crippen LogP contribution < -0.4 is 0 Å². The van der Waals surface area contributed by atoms with Crippen molar-refractivity contribution in [3.05, 3.63) is 237 Å². The molecule has 0 amide bonds. The fraction of sp³-hybridized carbons (Fsp3) is 0.0635. The number of nitrogens with zero attached hydrogens (tertiary/aromatic N) is 6. The normalized spacial score (nSPS) is 13.9. The number of para-hydroxylation sites is 3. The van der Waals surface area contributed by atoms with Crippen LogP contribution in [-0.2, 0) is 0 Å². The van der Waals surface area contributed by atoms with Gasteiger partial charge in [0, 0.05) is 66.9 Å². The molecule has 13 rings (SSSR count). The Morgan fingerprint density at radius 1 is 0.377 bits per heavy atom. The Labute approximate surface area is 401 Å². The van der Waals surface area contributed by atoms with E-state index < -0.39 is 0 Å². The molecule has 1 aliphatic carbocycles. The van der Waals surface area contributed by atoms with Gasteiger partial charge in [0.05, 0.1) is 27.6 Å². The second-order valence-electron chi connectivity index (χ2n) is 17.2. The lowest BCUT2D eigenvalue weighted by Crippen LogP contribution is -2.03. The van der Waals surface area contributed by atoms with Crippen LogP contribution in [0.4, 0.5) is 0 Å². The highest BCUT2D eigenvalue weighted by Gasteiger charge is 2.21. The van der Waals surface area contributed by atoms with Gasteiger partial charge in [0.25, 0.3) is 0 Å². The van der Waals surface area contributed by atoms with Gasteiger partial charge >= 0.3 is 0 Å². The molecule has 0 radical (unpaired) electrons. The molecule has 4 heterocycles. The molecule has 6 heteroatoms. The number of rotatable bonds is 7. The number of hydrogen-bond donors (Lipinski definition) is 0. The van der Waals surface area contributed by atoms with Crippen LogP contribution >= 0.6 is 0 Å². The minimum atomic E-state index is 0.624. The van der Waals surface area contributed by atoms with E-state index in [1.807, 2.05) is 32.0 Å². The first-order chi connectivity index (χ1) is 34.2. The van der Waals surface area contributed by atoms with E-state index in [-0.39, 0.29) is 0 Å². The first-order valence-electron chi connectivity index (χ1n) is 23.9. The first kappa shape index (κ1) is 41.6. The summed E-state index contributed by atoms with van der Waals surface area (Å²) >= 11 is 0. The molecule has 4 aromatic heterocycles. The van der Waals surface area contributed by atoms with Gasteiger partial charge in [0.1, 0.15) is 0 Å². The van der Waals surface area contributed by atoms with E-state index in [2.05, 4.69) is 226 Å². The fourth-order valence-electron chi connectivity index (χ4n) is 10.0. The average Bonchev–Trinajstić information content (AvgIpc) is 4.10. The molecule has 0 unspecified atom stereocenters. The molecule has 0 bridgehead atoms. The van der Waals surface area contributed by atoms with Crippen molar-refractivity contribution >= 4 is 60.1 Å². The van der Waals surface area contributed by atoms with Crippen molar-refractivity contribution in [2.75, 3.05) is 0 Å². The Morgan fingerprint density at radius 2 is 0.957 bits per heavy atom. The predicted octanol–water partition coefficient (Wildman–Crippen LogP) is 16.3. The van der Waals surface area contributed by atoms with Gasteiger partial charge in [0.2, 0.25) is 0 Å². The van der Waals surface area contributed by atoms with Crippen LogP contribution in [-0.4, -0.2) is 28.7 Å².